The average molecular weight is 501 g/mol. The van der Waals surface area contributed by atoms with Crippen molar-refractivity contribution < 1.29 is 29.3 Å². The second-order valence-corrected chi connectivity index (χ2v) is 14.0. The van der Waals surface area contributed by atoms with Crippen LogP contribution in [0.2, 0.25) is 0 Å². The number of fused-ring (bicyclic) bond motifs is 9. The summed E-state index contributed by atoms with van der Waals surface area (Å²) in [6.07, 6.45) is 7.09. The van der Waals surface area contributed by atoms with Gasteiger partial charge < -0.3 is 19.7 Å². The highest BCUT2D eigenvalue weighted by atomic mass is 16.5. The van der Waals surface area contributed by atoms with Crippen molar-refractivity contribution in [1.29, 1.82) is 0 Å². The Labute approximate surface area is 215 Å². The number of allylic oxidation sites excluding steroid dienone is 1. The number of carbonyl (C=O) groups excluding carboxylic acids is 2. The Hall–Kier alpha value is -1.40. The van der Waals surface area contributed by atoms with E-state index in [2.05, 4.69) is 33.8 Å². The summed E-state index contributed by atoms with van der Waals surface area (Å²) in [6, 6.07) is 0. The summed E-state index contributed by atoms with van der Waals surface area (Å²) in [7, 11) is 0. The molecule has 0 spiro atoms. The molecule has 6 heteroatoms. The van der Waals surface area contributed by atoms with Gasteiger partial charge in [-0.2, -0.15) is 0 Å². The summed E-state index contributed by atoms with van der Waals surface area (Å²) in [5, 5.41) is 21.9. The first-order valence-corrected chi connectivity index (χ1v) is 14.3. The third-order valence-corrected chi connectivity index (χ3v) is 12.8. The Bertz CT molecular complexity index is 990. The van der Waals surface area contributed by atoms with Crippen molar-refractivity contribution in [3.8, 4) is 0 Å². The molecule has 1 aliphatic heterocycles. The Balaban J connectivity index is 1.40. The number of ether oxygens (including phenoxy) is 2. The van der Waals surface area contributed by atoms with E-state index < -0.39 is 17.6 Å². The van der Waals surface area contributed by atoms with Crippen molar-refractivity contribution in [2.75, 3.05) is 6.61 Å². The molecule has 36 heavy (non-hydrogen) atoms. The zero-order valence-corrected chi connectivity index (χ0v) is 22.5. The molecule has 1 heterocycles. The lowest BCUT2D eigenvalue weighted by molar-refractivity contribution is -0.167. The van der Waals surface area contributed by atoms with Crippen LogP contribution in [0.4, 0.5) is 0 Å². The highest BCUT2D eigenvalue weighted by Gasteiger charge is 2.70. The van der Waals surface area contributed by atoms with E-state index >= 15 is 0 Å². The minimum Gasteiger partial charge on any atom is -0.465 e. The standard InChI is InChI=1S/C30H44O6/c1-15-24(33)11-18-14-35-27(34)30(18,5)23-13-22-20-7-6-17-10-19(32)12-25(36-16(2)31)29(17,4)21(20)8-9-28(22,3)26(15)23/h6,15,18-26,32-33H,7-14H2,1-5H3/t15-,18+,19-,20-,21+,22+,23+,24-,25+,26-,28+,29+,30+/m1/s1. The quantitative estimate of drug-likeness (QED) is 0.413. The molecule has 4 saturated carbocycles. The number of rotatable bonds is 1. The normalized spacial score (nSPS) is 55.6. The molecule has 6 nitrogen and oxygen atoms in total. The molecule has 0 unspecified atom stereocenters. The smallest absolute Gasteiger partial charge is 0.312 e. The van der Waals surface area contributed by atoms with Gasteiger partial charge in [-0.15, -0.1) is 0 Å². The molecular formula is C30H44O6. The molecule has 0 aromatic heterocycles. The maximum Gasteiger partial charge on any atom is 0.312 e. The molecular weight excluding hydrogens is 456 g/mol. The minimum atomic E-state index is -0.527. The van der Waals surface area contributed by atoms with E-state index in [9.17, 15) is 19.8 Å². The lowest BCUT2D eigenvalue weighted by Crippen LogP contribution is -2.56. The van der Waals surface area contributed by atoms with Crippen LogP contribution in [0.5, 0.6) is 0 Å². The van der Waals surface area contributed by atoms with Gasteiger partial charge in [0.25, 0.3) is 0 Å². The minimum absolute atomic E-state index is 0.0554. The van der Waals surface area contributed by atoms with Crippen molar-refractivity contribution >= 4 is 11.9 Å². The van der Waals surface area contributed by atoms with Crippen molar-refractivity contribution in [3.63, 3.8) is 0 Å². The van der Waals surface area contributed by atoms with Crippen LogP contribution in [0.25, 0.3) is 0 Å². The van der Waals surface area contributed by atoms with Gasteiger partial charge in [-0.05, 0) is 86.4 Å². The molecule has 13 atom stereocenters. The third-order valence-electron chi connectivity index (χ3n) is 12.8. The third kappa shape index (κ3) is 3.09. The van der Waals surface area contributed by atoms with E-state index in [-0.39, 0.29) is 52.5 Å². The predicted octanol–water partition coefficient (Wildman–Crippen LogP) is 4.27. The van der Waals surface area contributed by atoms with Crippen LogP contribution in [0.3, 0.4) is 0 Å². The summed E-state index contributed by atoms with van der Waals surface area (Å²) in [6.45, 7) is 11.0. The van der Waals surface area contributed by atoms with Gasteiger partial charge in [-0.3, -0.25) is 9.59 Å². The highest BCUT2D eigenvalue weighted by Crippen LogP contribution is 2.72. The maximum atomic E-state index is 13.3. The Morgan fingerprint density at radius 2 is 1.83 bits per heavy atom. The van der Waals surface area contributed by atoms with Gasteiger partial charge in [-0.25, -0.2) is 0 Å². The van der Waals surface area contributed by atoms with Crippen LogP contribution >= 0.6 is 0 Å². The number of aliphatic hydroxyl groups is 2. The van der Waals surface area contributed by atoms with E-state index in [1.54, 1.807) is 0 Å². The van der Waals surface area contributed by atoms with Crippen LogP contribution in [0.15, 0.2) is 11.6 Å². The molecule has 0 amide bonds. The molecule has 0 radical (unpaired) electrons. The zero-order valence-electron chi connectivity index (χ0n) is 22.5. The molecule has 0 aromatic carbocycles. The molecule has 1 saturated heterocycles. The number of hydrogen-bond acceptors (Lipinski definition) is 6. The monoisotopic (exact) mass is 500 g/mol. The number of aliphatic hydroxyl groups excluding tert-OH is 2. The second-order valence-electron chi connectivity index (χ2n) is 14.0. The van der Waals surface area contributed by atoms with Crippen molar-refractivity contribution in [2.45, 2.75) is 97.9 Å². The largest absolute Gasteiger partial charge is 0.465 e. The van der Waals surface area contributed by atoms with Crippen LogP contribution in [-0.2, 0) is 19.1 Å². The van der Waals surface area contributed by atoms with Gasteiger partial charge in [0.1, 0.15) is 6.10 Å². The Morgan fingerprint density at radius 1 is 1.08 bits per heavy atom. The van der Waals surface area contributed by atoms with Crippen LogP contribution in [0.1, 0.15) is 79.6 Å². The first kappa shape index (κ1) is 24.9. The lowest BCUT2D eigenvalue weighted by Gasteiger charge is -2.60. The summed E-state index contributed by atoms with van der Waals surface area (Å²) in [5.74, 6) is 1.68. The van der Waals surface area contributed by atoms with E-state index in [1.807, 2.05) is 0 Å². The number of hydrogen-bond donors (Lipinski definition) is 2. The van der Waals surface area contributed by atoms with Gasteiger partial charge in [0.2, 0.25) is 0 Å². The molecule has 6 aliphatic rings. The Morgan fingerprint density at radius 3 is 2.56 bits per heavy atom. The lowest BCUT2D eigenvalue weighted by atomic mass is 9.46. The summed E-state index contributed by atoms with van der Waals surface area (Å²) in [4.78, 5) is 25.3. The molecule has 200 valence electrons. The van der Waals surface area contributed by atoms with Crippen molar-refractivity contribution in [1.82, 2.24) is 0 Å². The fraction of sp³-hybridized carbons (Fsp3) is 0.867. The number of carbonyl (C=O) groups is 2. The topological polar surface area (TPSA) is 93.1 Å². The fourth-order valence-electron chi connectivity index (χ4n) is 10.9. The van der Waals surface area contributed by atoms with Gasteiger partial charge in [0.05, 0.1) is 24.2 Å². The van der Waals surface area contributed by atoms with Crippen molar-refractivity contribution in [2.24, 2.45) is 57.7 Å². The molecule has 0 aromatic rings. The van der Waals surface area contributed by atoms with Gasteiger partial charge in [-0.1, -0.05) is 32.4 Å². The SMILES string of the molecule is CC(=O)O[C@H]1C[C@H](O)CC2=CC[C@H]3[C@@H]4C[C@H]5[C@@H]([C@H](C)[C@H](O)C[C@H]6COC(=O)[C@@]65C)[C@@]4(C)CC[C@@H]3[C@]21C. The maximum absolute atomic E-state index is 13.3. The van der Waals surface area contributed by atoms with Gasteiger partial charge in [0.15, 0.2) is 0 Å². The van der Waals surface area contributed by atoms with Crippen LogP contribution in [-0.4, -0.2) is 47.1 Å². The first-order chi connectivity index (χ1) is 16.9. The predicted molar refractivity (Wildman–Crippen MR) is 133 cm³/mol. The van der Waals surface area contributed by atoms with E-state index in [0.717, 1.165) is 25.7 Å². The average Bonchev–Trinajstić information content (AvgIpc) is 3.25. The second kappa shape index (κ2) is 8.05. The molecule has 2 N–H and O–H groups in total. The number of cyclic esters (lactones) is 1. The zero-order chi connectivity index (χ0) is 25.8. The van der Waals surface area contributed by atoms with Crippen LogP contribution < -0.4 is 0 Å². The summed E-state index contributed by atoms with van der Waals surface area (Å²) < 4.78 is 11.6. The first-order valence-electron chi connectivity index (χ1n) is 14.3. The molecule has 0 bridgehead atoms. The van der Waals surface area contributed by atoms with E-state index in [4.69, 9.17) is 9.47 Å². The highest BCUT2D eigenvalue weighted by molar-refractivity contribution is 5.79. The van der Waals surface area contributed by atoms with Gasteiger partial charge >= 0.3 is 11.9 Å². The van der Waals surface area contributed by atoms with Gasteiger partial charge in [0, 0.05) is 24.7 Å². The van der Waals surface area contributed by atoms with E-state index in [1.165, 1.54) is 12.5 Å². The van der Waals surface area contributed by atoms with Crippen molar-refractivity contribution in [3.05, 3.63) is 11.6 Å². The fourth-order valence-corrected chi connectivity index (χ4v) is 10.9. The number of esters is 2. The molecule has 5 aliphatic carbocycles. The molecule has 6 rings (SSSR count). The van der Waals surface area contributed by atoms with E-state index in [0.29, 0.717) is 43.6 Å². The Kier molecular flexibility index (Phi) is 5.57. The van der Waals surface area contributed by atoms with Crippen LogP contribution in [0, 0.1) is 57.7 Å². The summed E-state index contributed by atoms with van der Waals surface area (Å²) >= 11 is 0. The summed E-state index contributed by atoms with van der Waals surface area (Å²) in [5.41, 5.74) is 0.532. The molecule has 5 fully saturated rings.